The maximum Gasteiger partial charge on any atom is 0.309 e. The number of ether oxygens (including phenoxy) is 1. The topological polar surface area (TPSA) is 83.9 Å². The molecule has 0 radical (unpaired) electrons. The van der Waals surface area contributed by atoms with Crippen molar-refractivity contribution in [1.29, 1.82) is 0 Å². The highest BCUT2D eigenvalue weighted by Gasteiger charge is 2.48. The van der Waals surface area contributed by atoms with E-state index < -0.39 is 30.0 Å². The van der Waals surface area contributed by atoms with E-state index in [-0.39, 0.29) is 30.4 Å². The average Bonchev–Trinajstić information content (AvgIpc) is 3.15. The molecule has 1 N–H and O–H groups in total. The first-order valence-electron chi connectivity index (χ1n) is 9.03. The van der Waals surface area contributed by atoms with Gasteiger partial charge >= 0.3 is 5.97 Å². The zero-order chi connectivity index (χ0) is 19.0. The molecule has 0 bridgehead atoms. The second kappa shape index (κ2) is 7.19. The lowest BCUT2D eigenvalue weighted by molar-refractivity contribution is -0.150. The molecule has 1 aromatic carbocycles. The SMILES string of the molecule is COC(=O)[C@@H]1C[C@@H](O)CC1C(=O)[C@H](C(C)C)N1Cc2ccccc2C1=O. The summed E-state index contributed by atoms with van der Waals surface area (Å²) in [7, 11) is 1.29. The number of Topliss-reactive ketones (excluding diaryl/α,β-unsaturated/α-hetero) is 1. The molecule has 3 rings (SSSR count). The van der Waals surface area contributed by atoms with Gasteiger partial charge in [0.25, 0.3) is 5.91 Å². The van der Waals surface area contributed by atoms with Crippen molar-refractivity contribution in [3.8, 4) is 0 Å². The summed E-state index contributed by atoms with van der Waals surface area (Å²) in [5.74, 6) is -2.16. The van der Waals surface area contributed by atoms with Crippen LogP contribution in [0.3, 0.4) is 0 Å². The third kappa shape index (κ3) is 3.14. The molecule has 1 aliphatic carbocycles. The number of nitrogens with zero attached hydrogens (tertiary/aromatic N) is 1. The quantitative estimate of drug-likeness (QED) is 0.811. The third-order valence-electron chi connectivity index (χ3n) is 5.52. The van der Waals surface area contributed by atoms with Crippen molar-refractivity contribution in [2.75, 3.05) is 7.11 Å². The average molecular weight is 359 g/mol. The molecule has 2 aliphatic rings. The predicted molar refractivity (Wildman–Crippen MR) is 94.2 cm³/mol. The minimum Gasteiger partial charge on any atom is -0.469 e. The Morgan fingerprint density at radius 3 is 2.46 bits per heavy atom. The molecule has 0 aromatic heterocycles. The largest absolute Gasteiger partial charge is 0.469 e. The minimum absolute atomic E-state index is 0.100. The van der Waals surface area contributed by atoms with E-state index in [0.29, 0.717) is 12.1 Å². The zero-order valence-corrected chi connectivity index (χ0v) is 15.3. The van der Waals surface area contributed by atoms with E-state index >= 15 is 0 Å². The first kappa shape index (κ1) is 18.6. The minimum atomic E-state index is -0.702. The monoisotopic (exact) mass is 359 g/mol. The van der Waals surface area contributed by atoms with Gasteiger partial charge in [0, 0.05) is 18.0 Å². The van der Waals surface area contributed by atoms with Gasteiger partial charge in [0.1, 0.15) is 0 Å². The number of fused-ring (bicyclic) bond motifs is 1. The number of aliphatic hydroxyl groups excluding tert-OH is 1. The van der Waals surface area contributed by atoms with Gasteiger partial charge < -0.3 is 14.7 Å². The number of carbonyl (C=O) groups is 3. The molecule has 4 atom stereocenters. The van der Waals surface area contributed by atoms with Crippen molar-refractivity contribution in [1.82, 2.24) is 4.90 Å². The molecule has 140 valence electrons. The van der Waals surface area contributed by atoms with Crippen LogP contribution in [0.1, 0.15) is 42.6 Å². The Labute approximate surface area is 153 Å². The normalized spacial score (nSPS) is 26.1. The Balaban J connectivity index is 1.88. The van der Waals surface area contributed by atoms with Gasteiger partial charge in [-0.2, -0.15) is 0 Å². The summed E-state index contributed by atoms with van der Waals surface area (Å²) in [4.78, 5) is 39.8. The summed E-state index contributed by atoms with van der Waals surface area (Å²) in [6.45, 7) is 4.19. The van der Waals surface area contributed by atoms with Gasteiger partial charge in [-0.3, -0.25) is 14.4 Å². The van der Waals surface area contributed by atoms with Crippen molar-refractivity contribution >= 4 is 17.7 Å². The van der Waals surface area contributed by atoms with Crippen molar-refractivity contribution in [2.45, 2.75) is 45.4 Å². The smallest absolute Gasteiger partial charge is 0.309 e. The fourth-order valence-corrected chi connectivity index (χ4v) is 4.30. The number of ketones is 1. The number of amides is 1. The Morgan fingerprint density at radius 1 is 1.19 bits per heavy atom. The van der Waals surface area contributed by atoms with Crippen molar-refractivity contribution in [3.05, 3.63) is 35.4 Å². The molecule has 1 aliphatic heterocycles. The van der Waals surface area contributed by atoms with E-state index in [1.807, 2.05) is 32.0 Å². The van der Waals surface area contributed by atoms with Crippen LogP contribution < -0.4 is 0 Å². The molecule has 1 aromatic rings. The van der Waals surface area contributed by atoms with E-state index in [2.05, 4.69) is 0 Å². The maximum atomic E-state index is 13.3. The fraction of sp³-hybridized carbons (Fsp3) is 0.550. The Hall–Kier alpha value is -2.21. The van der Waals surface area contributed by atoms with E-state index in [4.69, 9.17) is 4.74 Å². The molecule has 1 fully saturated rings. The predicted octanol–water partition coefficient (Wildman–Crippen LogP) is 1.80. The molecule has 1 amide bonds. The summed E-state index contributed by atoms with van der Waals surface area (Å²) in [5, 5.41) is 10.0. The fourth-order valence-electron chi connectivity index (χ4n) is 4.30. The maximum absolute atomic E-state index is 13.3. The van der Waals surface area contributed by atoms with Gasteiger partial charge in [-0.15, -0.1) is 0 Å². The Morgan fingerprint density at radius 2 is 1.85 bits per heavy atom. The van der Waals surface area contributed by atoms with E-state index in [0.717, 1.165) is 5.56 Å². The summed E-state index contributed by atoms with van der Waals surface area (Å²) >= 11 is 0. The second-order valence-corrected chi connectivity index (χ2v) is 7.54. The van der Waals surface area contributed by atoms with Gasteiger partial charge in [-0.25, -0.2) is 0 Å². The number of carbonyl (C=O) groups excluding carboxylic acids is 3. The molecule has 26 heavy (non-hydrogen) atoms. The van der Waals surface area contributed by atoms with Gasteiger partial charge in [0.05, 0.1) is 25.2 Å². The Kier molecular flexibility index (Phi) is 5.14. The molecule has 0 spiro atoms. The number of methoxy groups -OCH3 is 1. The van der Waals surface area contributed by atoms with Gasteiger partial charge in [-0.1, -0.05) is 32.0 Å². The lowest BCUT2D eigenvalue weighted by Crippen LogP contribution is -2.48. The van der Waals surface area contributed by atoms with E-state index in [9.17, 15) is 19.5 Å². The molecule has 0 saturated heterocycles. The van der Waals surface area contributed by atoms with Crippen LogP contribution >= 0.6 is 0 Å². The first-order chi connectivity index (χ1) is 12.3. The van der Waals surface area contributed by atoms with Crippen molar-refractivity contribution in [2.24, 2.45) is 17.8 Å². The molecular weight excluding hydrogens is 334 g/mol. The lowest BCUT2D eigenvalue weighted by Gasteiger charge is -2.32. The number of aliphatic hydroxyl groups is 1. The first-order valence-corrected chi connectivity index (χ1v) is 9.03. The molecule has 1 saturated carbocycles. The van der Waals surface area contributed by atoms with Crippen molar-refractivity contribution in [3.63, 3.8) is 0 Å². The molecule has 6 nitrogen and oxygen atoms in total. The highest BCUT2D eigenvalue weighted by atomic mass is 16.5. The van der Waals surface area contributed by atoms with Gasteiger partial charge in [0.15, 0.2) is 5.78 Å². The number of esters is 1. The molecular formula is C20H25NO5. The van der Waals surface area contributed by atoms with Crippen LogP contribution in [0.15, 0.2) is 24.3 Å². The van der Waals surface area contributed by atoms with Crippen LogP contribution in [0.25, 0.3) is 0 Å². The molecule has 1 heterocycles. The van der Waals surface area contributed by atoms with Crippen molar-refractivity contribution < 1.29 is 24.2 Å². The van der Waals surface area contributed by atoms with Gasteiger partial charge in [0.2, 0.25) is 0 Å². The highest BCUT2D eigenvalue weighted by molar-refractivity contribution is 6.02. The second-order valence-electron chi connectivity index (χ2n) is 7.54. The lowest BCUT2D eigenvalue weighted by atomic mass is 9.84. The molecule has 6 heteroatoms. The summed E-state index contributed by atoms with van der Waals surface area (Å²) < 4.78 is 4.82. The summed E-state index contributed by atoms with van der Waals surface area (Å²) in [5.41, 5.74) is 1.54. The highest BCUT2D eigenvalue weighted by Crippen LogP contribution is 2.37. The van der Waals surface area contributed by atoms with Crippen LogP contribution in [0.4, 0.5) is 0 Å². The van der Waals surface area contributed by atoms with E-state index in [1.54, 1.807) is 11.0 Å². The standard InChI is InChI=1S/C20H25NO5/c1-11(2)17(21-10-12-6-4-5-7-14(12)19(21)24)18(23)15-8-13(22)9-16(15)20(25)26-3/h4-7,11,13,15-17,22H,8-10H2,1-3H3/t13-,15?,16+,17-/m0/s1. The van der Waals surface area contributed by atoms with Crippen LogP contribution in [0.5, 0.6) is 0 Å². The van der Waals surface area contributed by atoms with Crippen LogP contribution in [-0.2, 0) is 20.9 Å². The number of benzene rings is 1. The van der Waals surface area contributed by atoms with E-state index in [1.165, 1.54) is 7.11 Å². The molecule has 1 unspecified atom stereocenters. The number of hydrogen-bond acceptors (Lipinski definition) is 5. The van der Waals surface area contributed by atoms with Crippen LogP contribution in [0, 0.1) is 17.8 Å². The van der Waals surface area contributed by atoms with Gasteiger partial charge in [-0.05, 0) is 30.4 Å². The zero-order valence-electron chi connectivity index (χ0n) is 15.3. The number of rotatable bonds is 5. The summed E-state index contributed by atoms with van der Waals surface area (Å²) in [6, 6.07) is 6.73. The van der Waals surface area contributed by atoms with Crippen LogP contribution in [0.2, 0.25) is 0 Å². The van der Waals surface area contributed by atoms with Crippen LogP contribution in [-0.4, -0.2) is 46.9 Å². The third-order valence-corrected chi connectivity index (χ3v) is 5.52. The number of hydrogen-bond donors (Lipinski definition) is 1. The Bertz CT molecular complexity index is 729. The summed E-state index contributed by atoms with van der Waals surface area (Å²) in [6.07, 6.45) is -0.244.